The van der Waals surface area contributed by atoms with E-state index in [2.05, 4.69) is 15.9 Å². The summed E-state index contributed by atoms with van der Waals surface area (Å²) in [5.74, 6) is 0.957. The lowest BCUT2D eigenvalue weighted by molar-refractivity contribution is -0.113. The molecule has 34 heavy (non-hydrogen) atoms. The highest BCUT2D eigenvalue weighted by Gasteiger charge is 2.33. The largest absolute Gasteiger partial charge is 0.490 e. The Kier molecular flexibility index (Phi) is 8.22. The molecule has 0 spiro atoms. The Hall–Kier alpha value is -2.03. The SMILES string of the molecule is CCOc1cc(/C=C2/SC(=S)N(c3ccccc3)C2=O)cc(Br)c1OCc1ccc(Cl)c(Cl)c1. The maximum Gasteiger partial charge on any atom is 0.270 e. The number of rotatable bonds is 7. The van der Waals surface area contributed by atoms with E-state index in [9.17, 15) is 4.79 Å². The molecule has 3 aromatic carbocycles. The molecule has 0 bridgehead atoms. The number of halogens is 3. The maximum atomic E-state index is 13.1. The van der Waals surface area contributed by atoms with Crippen LogP contribution in [0.1, 0.15) is 18.1 Å². The topological polar surface area (TPSA) is 38.8 Å². The van der Waals surface area contributed by atoms with Gasteiger partial charge in [0, 0.05) is 0 Å². The minimum Gasteiger partial charge on any atom is -0.490 e. The van der Waals surface area contributed by atoms with Crippen LogP contribution >= 0.6 is 63.1 Å². The second-order valence-corrected chi connectivity index (χ2v) is 10.5. The highest BCUT2D eigenvalue weighted by atomic mass is 79.9. The van der Waals surface area contributed by atoms with Gasteiger partial charge in [-0.25, -0.2) is 0 Å². The van der Waals surface area contributed by atoms with Crippen LogP contribution < -0.4 is 14.4 Å². The quantitative estimate of drug-likeness (QED) is 0.204. The number of thioether (sulfide) groups is 1. The molecule has 0 radical (unpaired) electrons. The van der Waals surface area contributed by atoms with Gasteiger partial charge in [-0.15, -0.1) is 0 Å². The van der Waals surface area contributed by atoms with Crippen LogP contribution in [0.5, 0.6) is 11.5 Å². The molecule has 0 saturated carbocycles. The number of para-hydroxylation sites is 1. The van der Waals surface area contributed by atoms with Crippen LogP contribution in [-0.4, -0.2) is 16.8 Å². The fourth-order valence-corrected chi connectivity index (χ4v) is 5.47. The molecule has 1 saturated heterocycles. The van der Waals surface area contributed by atoms with Crippen LogP contribution in [0.2, 0.25) is 10.0 Å². The summed E-state index contributed by atoms with van der Waals surface area (Å²) in [6.45, 7) is 2.63. The van der Waals surface area contributed by atoms with Crippen molar-refractivity contribution in [1.82, 2.24) is 0 Å². The van der Waals surface area contributed by atoms with E-state index < -0.39 is 0 Å². The number of carbonyl (C=O) groups excluding carboxylic acids is 1. The lowest BCUT2D eigenvalue weighted by Crippen LogP contribution is -2.27. The zero-order valence-corrected chi connectivity index (χ0v) is 22.6. The Morgan fingerprint density at radius 3 is 2.53 bits per heavy atom. The molecule has 174 valence electrons. The van der Waals surface area contributed by atoms with Crippen LogP contribution in [0, 0.1) is 0 Å². The van der Waals surface area contributed by atoms with Gasteiger partial charge >= 0.3 is 0 Å². The molecule has 1 heterocycles. The Morgan fingerprint density at radius 1 is 1.06 bits per heavy atom. The van der Waals surface area contributed by atoms with E-state index in [1.54, 1.807) is 23.1 Å². The first-order chi connectivity index (χ1) is 16.4. The third kappa shape index (κ3) is 5.61. The summed E-state index contributed by atoms with van der Waals surface area (Å²) in [6, 6.07) is 18.4. The second-order valence-electron chi connectivity index (χ2n) is 7.15. The van der Waals surface area contributed by atoms with Gasteiger partial charge in [-0.05, 0) is 76.5 Å². The van der Waals surface area contributed by atoms with E-state index >= 15 is 0 Å². The van der Waals surface area contributed by atoms with E-state index in [1.807, 2.05) is 55.5 Å². The molecule has 4 rings (SSSR count). The van der Waals surface area contributed by atoms with E-state index in [0.717, 1.165) is 16.8 Å². The second kappa shape index (κ2) is 11.1. The molecule has 3 aromatic rings. The van der Waals surface area contributed by atoms with Crippen molar-refractivity contribution in [1.29, 1.82) is 0 Å². The average molecular weight is 595 g/mol. The molecule has 0 N–H and O–H groups in total. The third-order valence-electron chi connectivity index (χ3n) is 4.80. The average Bonchev–Trinajstić information content (AvgIpc) is 3.09. The van der Waals surface area contributed by atoms with Crippen LogP contribution in [0.4, 0.5) is 5.69 Å². The van der Waals surface area contributed by atoms with Crippen LogP contribution in [0.3, 0.4) is 0 Å². The van der Waals surface area contributed by atoms with Gasteiger partial charge in [0.25, 0.3) is 5.91 Å². The first kappa shape index (κ1) is 25.1. The Balaban J connectivity index is 1.59. The van der Waals surface area contributed by atoms with Crippen molar-refractivity contribution in [3.8, 4) is 11.5 Å². The van der Waals surface area contributed by atoms with Gasteiger partial charge in [0.15, 0.2) is 15.8 Å². The Morgan fingerprint density at radius 2 is 1.82 bits per heavy atom. The molecule has 0 aromatic heterocycles. The lowest BCUT2D eigenvalue weighted by atomic mass is 10.1. The number of hydrogen-bond donors (Lipinski definition) is 0. The summed E-state index contributed by atoms with van der Waals surface area (Å²) >= 11 is 22.4. The van der Waals surface area contributed by atoms with Crippen molar-refractivity contribution in [2.45, 2.75) is 13.5 Å². The number of carbonyl (C=O) groups is 1. The number of hydrogen-bond acceptors (Lipinski definition) is 5. The molecule has 1 fully saturated rings. The third-order valence-corrected chi connectivity index (χ3v) is 7.43. The van der Waals surface area contributed by atoms with Crippen molar-refractivity contribution >= 4 is 85.1 Å². The number of nitrogens with zero attached hydrogens (tertiary/aromatic N) is 1. The van der Waals surface area contributed by atoms with Crippen molar-refractivity contribution in [3.05, 3.63) is 91.2 Å². The molecule has 0 atom stereocenters. The number of thiocarbonyl (C=S) groups is 1. The summed E-state index contributed by atoms with van der Waals surface area (Å²) in [6.07, 6.45) is 1.80. The monoisotopic (exact) mass is 593 g/mol. The predicted octanol–water partition coefficient (Wildman–Crippen LogP) is 8.14. The van der Waals surface area contributed by atoms with Gasteiger partial charge in [-0.2, -0.15) is 0 Å². The Bertz CT molecular complexity index is 1280. The van der Waals surface area contributed by atoms with Gasteiger partial charge in [0.2, 0.25) is 0 Å². The minimum absolute atomic E-state index is 0.157. The summed E-state index contributed by atoms with van der Waals surface area (Å²) in [7, 11) is 0. The summed E-state index contributed by atoms with van der Waals surface area (Å²) in [5, 5.41) is 0.957. The fourth-order valence-electron chi connectivity index (χ4n) is 3.28. The zero-order chi connectivity index (χ0) is 24.2. The molecule has 0 aliphatic carbocycles. The summed E-state index contributed by atoms with van der Waals surface area (Å²) < 4.78 is 13.1. The van der Waals surface area contributed by atoms with Gasteiger partial charge in [-0.1, -0.05) is 71.4 Å². The smallest absolute Gasteiger partial charge is 0.270 e. The van der Waals surface area contributed by atoms with Gasteiger partial charge in [0.1, 0.15) is 6.61 Å². The highest BCUT2D eigenvalue weighted by molar-refractivity contribution is 9.10. The molecule has 9 heteroatoms. The molecule has 0 unspecified atom stereocenters. The molecular formula is C25H18BrCl2NO3S2. The molecule has 1 aliphatic rings. The first-order valence-corrected chi connectivity index (χ1v) is 13.0. The zero-order valence-electron chi connectivity index (χ0n) is 17.9. The maximum absolute atomic E-state index is 13.1. The van der Waals surface area contributed by atoms with Gasteiger partial charge in [-0.3, -0.25) is 9.69 Å². The number of amides is 1. The number of benzene rings is 3. The van der Waals surface area contributed by atoms with Crippen molar-refractivity contribution in [3.63, 3.8) is 0 Å². The van der Waals surface area contributed by atoms with Gasteiger partial charge in [0.05, 0.1) is 31.7 Å². The van der Waals surface area contributed by atoms with Crippen molar-refractivity contribution in [2.24, 2.45) is 0 Å². The lowest BCUT2D eigenvalue weighted by Gasteiger charge is -2.15. The predicted molar refractivity (Wildman–Crippen MR) is 148 cm³/mol. The van der Waals surface area contributed by atoms with E-state index in [-0.39, 0.29) is 12.5 Å². The highest BCUT2D eigenvalue weighted by Crippen LogP contribution is 2.40. The Labute approximate surface area is 226 Å². The molecule has 1 amide bonds. The summed E-state index contributed by atoms with van der Waals surface area (Å²) in [5.41, 5.74) is 2.40. The first-order valence-electron chi connectivity index (χ1n) is 10.2. The normalized spacial score (nSPS) is 14.7. The summed E-state index contributed by atoms with van der Waals surface area (Å²) in [4.78, 5) is 15.1. The van der Waals surface area contributed by atoms with E-state index in [1.165, 1.54) is 11.8 Å². The van der Waals surface area contributed by atoms with Crippen LogP contribution in [0.15, 0.2) is 70.0 Å². The van der Waals surface area contributed by atoms with Crippen LogP contribution in [-0.2, 0) is 11.4 Å². The minimum atomic E-state index is -0.157. The van der Waals surface area contributed by atoms with Gasteiger partial charge < -0.3 is 9.47 Å². The van der Waals surface area contributed by atoms with E-state index in [4.69, 9.17) is 44.9 Å². The van der Waals surface area contributed by atoms with Crippen molar-refractivity contribution < 1.29 is 14.3 Å². The molecule has 4 nitrogen and oxygen atoms in total. The fraction of sp³-hybridized carbons (Fsp3) is 0.120. The molecule has 1 aliphatic heterocycles. The van der Waals surface area contributed by atoms with Crippen molar-refractivity contribution in [2.75, 3.05) is 11.5 Å². The molecular weight excluding hydrogens is 577 g/mol. The standard InChI is InChI=1S/C25H18BrCl2NO3S2/c1-2-31-21-12-16(10-18(26)23(21)32-14-15-8-9-19(27)20(28)11-15)13-22-24(30)29(25(33)34-22)17-6-4-3-5-7-17/h3-13H,2,14H2,1H3/b22-13+. The van der Waals surface area contributed by atoms with E-state index in [0.29, 0.717) is 41.8 Å². The van der Waals surface area contributed by atoms with Crippen LogP contribution in [0.25, 0.3) is 6.08 Å². The number of anilines is 1. The number of ether oxygens (including phenoxy) is 2.